The molecule has 272 valence electrons. The number of benzene rings is 1. The SMILES string of the molecule is C=C[C@@H]1C[C@]1(NC(=O)[C@@H]1C[C@@H]2CN1C(=O)[C@H](C1CCCCC1)NC(=O)OCCC/C=C/c1ccc3ccnc(c3c1)O2)C(=O)NS(=O)(=O)C1CC1. The lowest BCUT2D eigenvalue weighted by molar-refractivity contribution is -0.142. The maximum atomic E-state index is 14.6. The Hall–Kier alpha value is -4.46. The molecule has 2 aromatic rings. The summed E-state index contributed by atoms with van der Waals surface area (Å²) in [6.45, 7) is 3.98. The number of nitrogens with one attached hydrogen (secondary N) is 3. The van der Waals surface area contributed by atoms with Gasteiger partial charge in [0.15, 0.2) is 0 Å². The molecule has 0 spiro atoms. The molecule has 1 aromatic carbocycles. The lowest BCUT2D eigenvalue weighted by atomic mass is 9.83. The van der Waals surface area contributed by atoms with Crippen LogP contribution in [0.5, 0.6) is 5.88 Å². The van der Waals surface area contributed by atoms with E-state index in [2.05, 4.69) is 26.9 Å². The maximum absolute atomic E-state index is 14.6. The molecule has 2 aliphatic heterocycles. The molecule has 4 bridgehead atoms. The summed E-state index contributed by atoms with van der Waals surface area (Å²) < 4.78 is 39.6. The number of sulfonamides is 1. The van der Waals surface area contributed by atoms with Crippen LogP contribution in [-0.4, -0.2) is 84.2 Å². The Kier molecular flexibility index (Phi) is 9.79. The van der Waals surface area contributed by atoms with Gasteiger partial charge in [-0.05, 0) is 73.9 Å². The third kappa shape index (κ3) is 7.46. The van der Waals surface area contributed by atoms with Crippen molar-refractivity contribution < 1.29 is 37.1 Å². The van der Waals surface area contributed by atoms with Crippen molar-refractivity contribution in [1.29, 1.82) is 0 Å². The third-order valence-corrected chi connectivity index (χ3v) is 12.7. The minimum Gasteiger partial charge on any atom is -0.472 e. The largest absolute Gasteiger partial charge is 0.472 e. The number of alkyl carbamates (subject to hydrolysis) is 1. The number of carbonyl (C=O) groups excluding carboxylic acids is 4. The van der Waals surface area contributed by atoms with Crippen LogP contribution < -0.4 is 20.1 Å². The Morgan fingerprint density at radius 2 is 1.88 bits per heavy atom. The van der Waals surface area contributed by atoms with Crippen LogP contribution in [0.25, 0.3) is 16.8 Å². The zero-order chi connectivity index (χ0) is 35.8. The average Bonchev–Trinajstić information content (AvgIpc) is 4.05. The summed E-state index contributed by atoms with van der Waals surface area (Å²) in [4.78, 5) is 61.4. The topological polar surface area (TPSA) is 173 Å². The lowest BCUT2D eigenvalue weighted by Crippen LogP contribution is -2.59. The van der Waals surface area contributed by atoms with Gasteiger partial charge in [0.25, 0.3) is 5.91 Å². The molecule has 0 unspecified atom stereocenters. The molecule has 3 heterocycles. The fraction of sp³-hybridized carbons (Fsp3) is 0.541. The zero-order valence-corrected chi connectivity index (χ0v) is 29.4. The number of fused-ring (bicyclic) bond motifs is 3. The second-order valence-electron chi connectivity index (χ2n) is 14.5. The predicted octanol–water partition coefficient (Wildman–Crippen LogP) is 3.73. The van der Waals surface area contributed by atoms with Crippen molar-refractivity contribution in [3.8, 4) is 5.88 Å². The van der Waals surface area contributed by atoms with Gasteiger partial charge < -0.3 is 25.0 Å². The molecule has 3 saturated carbocycles. The first-order chi connectivity index (χ1) is 24.6. The quantitative estimate of drug-likeness (QED) is 0.361. The van der Waals surface area contributed by atoms with E-state index >= 15 is 0 Å². The van der Waals surface area contributed by atoms with Gasteiger partial charge in [0.05, 0.1) is 18.4 Å². The van der Waals surface area contributed by atoms with Crippen LogP contribution in [0.1, 0.15) is 76.2 Å². The highest BCUT2D eigenvalue weighted by Gasteiger charge is 2.62. The first-order valence-electron chi connectivity index (χ1n) is 18.0. The van der Waals surface area contributed by atoms with Crippen LogP contribution in [0, 0.1) is 11.8 Å². The van der Waals surface area contributed by atoms with Gasteiger partial charge in [-0.1, -0.05) is 49.6 Å². The van der Waals surface area contributed by atoms with Gasteiger partial charge in [0, 0.05) is 23.9 Å². The number of cyclic esters (lactones) is 1. The van der Waals surface area contributed by atoms with E-state index in [-0.39, 0.29) is 31.9 Å². The Balaban J connectivity index is 1.21. The van der Waals surface area contributed by atoms with Crippen LogP contribution >= 0.6 is 0 Å². The maximum Gasteiger partial charge on any atom is 0.407 e. The summed E-state index contributed by atoms with van der Waals surface area (Å²) >= 11 is 0. The summed E-state index contributed by atoms with van der Waals surface area (Å²) in [6, 6.07) is 5.80. The molecular formula is C37H45N5O8S. The number of rotatable bonds is 7. The molecule has 5 aliphatic rings. The summed E-state index contributed by atoms with van der Waals surface area (Å²) in [5.41, 5.74) is -0.587. The lowest BCUT2D eigenvalue weighted by Gasteiger charge is -2.34. The van der Waals surface area contributed by atoms with Gasteiger partial charge in [0.2, 0.25) is 27.7 Å². The van der Waals surface area contributed by atoms with Gasteiger partial charge in [-0.25, -0.2) is 18.2 Å². The molecule has 4 amide bonds. The highest BCUT2D eigenvalue weighted by molar-refractivity contribution is 7.91. The number of hydrogen-bond acceptors (Lipinski definition) is 9. The molecular weight excluding hydrogens is 675 g/mol. The van der Waals surface area contributed by atoms with Crippen molar-refractivity contribution in [2.75, 3.05) is 13.2 Å². The monoisotopic (exact) mass is 719 g/mol. The van der Waals surface area contributed by atoms with Crippen molar-refractivity contribution in [2.45, 2.75) is 99.6 Å². The number of hydrogen-bond donors (Lipinski definition) is 3. The number of ether oxygens (including phenoxy) is 2. The fourth-order valence-corrected chi connectivity index (χ4v) is 9.05. The highest BCUT2D eigenvalue weighted by Crippen LogP contribution is 2.45. The van der Waals surface area contributed by atoms with Gasteiger partial charge >= 0.3 is 6.09 Å². The Morgan fingerprint density at radius 3 is 2.63 bits per heavy atom. The molecule has 1 saturated heterocycles. The summed E-state index contributed by atoms with van der Waals surface area (Å²) in [6.07, 6.45) is 12.6. The van der Waals surface area contributed by atoms with Crippen molar-refractivity contribution in [3.63, 3.8) is 0 Å². The zero-order valence-electron chi connectivity index (χ0n) is 28.6. The van der Waals surface area contributed by atoms with E-state index in [1.165, 1.54) is 11.0 Å². The molecule has 13 nitrogen and oxygen atoms in total. The molecule has 3 aliphatic carbocycles. The molecule has 51 heavy (non-hydrogen) atoms. The second-order valence-corrected chi connectivity index (χ2v) is 16.4. The van der Waals surface area contributed by atoms with E-state index in [1.54, 1.807) is 6.20 Å². The smallest absolute Gasteiger partial charge is 0.407 e. The van der Waals surface area contributed by atoms with Gasteiger partial charge in [0.1, 0.15) is 23.7 Å². The number of amides is 4. The van der Waals surface area contributed by atoms with Gasteiger partial charge in [-0.2, -0.15) is 0 Å². The highest BCUT2D eigenvalue weighted by atomic mass is 32.2. The van der Waals surface area contributed by atoms with Gasteiger partial charge in [-0.15, -0.1) is 6.58 Å². The number of carbonyl (C=O) groups is 4. The van der Waals surface area contributed by atoms with Crippen molar-refractivity contribution in [2.24, 2.45) is 11.8 Å². The molecule has 0 radical (unpaired) electrons. The van der Waals surface area contributed by atoms with Crippen molar-refractivity contribution in [1.82, 2.24) is 25.2 Å². The summed E-state index contributed by atoms with van der Waals surface area (Å²) in [5.74, 6) is -2.16. The standard InChI is InChI=1S/C37H45N5O8S/c1-2-26-21-37(26,35(45)41-51(47,48)28-14-15-28)40-32(43)30-20-27-22-42(30)34(44)31(25-10-6-3-7-11-25)39-36(46)49-18-8-4-5-9-23-12-13-24-16-17-38-33(50-27)29(24)19-23/h2,5,9,12-13,16-17,19,25-28,30-31H,1,3-4,6-8,10-11,14-15,18,20-22H2,(H,39,46)(H,40,43)(H,41,45)/b9-5+/t26-,27-,30+,31+,37-/m1/s1. The number of allylic oxidation sites excluding steroid dienone is 1. The summed E-state index contributed by atoms with van der Waals surface area (Å²) in [7, 11) is -3.88. The van der Waals surface area contributed by atoms with Crippen LogP contribution in [-0.2, 0) is 29.1 Å². The van der Waals surface area contributed by atoms with Crippen LogP contribution in [0.2, 0.25) is 0 Å². The summed E-state index contributed by atoms with van der Waals surface area (Å²) in [5, 5.41) is 6.74. The van der Waals surface area contributed by atoms with Crippen molar-refractivity contribution in [3.05, 3.63) is 54.8 Å². The first-order valence-corrected chi connectivity index (χ1v) is 19.6. The first kappa shape index (κ1) is 35.0. The Morgan fingerprint density at radius 1 is 1.08 bits per heavy atom. The minimum absolute atomic E-state index is 0.0225. The number of aromatic nitrogens is 1. The van der Waals surface area contributed by atoms with Crippen LogP contribution in [0.4, 0.5) is 4.79 Å². The normalized spacial score (nSPS) is 29.5. The van der Waals surface area contributed by atoms with E-state index in [0.29, 0.717) is 31.6 Å². The average molecular weight is 720 g/mol. The van der Waals surface area contributed by atoms with E-state index in [0.717, 1.165) is 48.4 Å². The molecule has 14 heteroatoms. The molecule has 5 atom stereocenters. The van der Waals surface area contributed by atoms with E-state index in [1.807, 2.05) is 36.4 Å². The van der Waals surface area contributed by atoms with E-state index < -0.39 is 68.7 Å². The Bertz CT molecular complexity index is 1860. The molecule has 1 aromatic heterocycles. The van der Waals surface area contributed by atoms with Crippen molar-refractivity contribution >= 4 is 50.7 Å². The number of nitrogens with zero attached hydrogens (tertiary/aromatic N) is 2. The minimum atomic E-state index is -3.88. The van der Waals surface area contributed by atoms with E-state index in [9.17, 15) is 27.6 Å². The van der Waals surface area contributed by atoms with E-state index in [4.69, 9.17) is 9.47 Å². The molecule has 4 fully saturated rings. The molecule has 7 rings (SSSR count). The van der Waals surface area contributed by atoms with Crippen LogP contribution in [0.3, 0.4) is 0 Å². The molecule has 3 N–H and O–H groups in total. The Labute approximate surface area is 297 Å². The number of pyridine rings is 1. The second kappa shape index (κ2) is 14.3. The van der Waals surface area contributed by atoms with Gasteiger partial charge in [-0.3, -0.25) is 19.1 Å². The predicted molar refractivity (Wildman–Crippen MR) is 189 cm³/mol. The van der Waals surface area contributed by atoms with Crippen LogP contribution in [0.15, 0.2) is 49.2 Å². The fourth-order valence-electron chi connectivity index (χ4n) is 7.69. The third-order valence-electron chi connectivity index (χ3n) is 10.8.